The van der Waals surface area contributed by atoms with Crippen LogP contribution in [0.25, 0.3) is 17.1 Å². The van der Waals surface area contributed by atoms with Crippen molar-refractivity contribution in [2.45, 2.75) is 25.9 Å². The molecule has 1 amide bonds. The minimum atomic E-state index is -0.0833. The minimum absolute atomic E-state index is 0.0833. The number of nitrogens with zero attached hydrogens (tertiary/aromatic N) is 4. The summed E-state index contributed by atoms with van der Waals surface area (Å²) in [5, 5.41) is 12.4. The maximum atomic E-state index is 12.6. The highest BCUT2D eigenvalue weighted by Crippen LogP contribution is 2.28. The van der Waals surface area contributed by atoms with E-state index in [-0.39, 0.29) is 11.7 Å². The third-order valence-electron chi connectivity index (χ3n) is 5.06. The van der Waals surface area contributed by atoms with Gasteiger partial charge in [0.05, 0.1) is 5.75 Å². The number of rotatable bonds is 6. The molecule has 0 saturated heterocycles. The lowest BCUT2D eigenvalue weighted by atomic mass is 10.1. The maximum Gasteiger partial charge on any atom is 0.234 e. The highest BCUT2D eigenvalue weighted by atomic mass is 32.2. The molecule has 0 saturated carbocycles. The summed E-state index contributed by atoms with van der Waals surface area (Å²) in [5.41, 5.74) is 6.02. The summed E-state index contributed by atoms with van der Waals surface area (Å²) in [7, 11) is 0. The molecule has 2 heterocycles. The molecule has 7 heteroatoms. The van der Waals surface area contributed by atoms with E-state index < -0.39 is 0 Å². The summed E-state index contributed by atoms with van der Waals surface area (Å²) >= 11 is 1.36. The molecule has 0 aliphatic rings. The van der Waals surface area contributed by atoms with Crippen LogP contribution in [0.5, 0.6) is 0 Å². The normalized spacial score (nSPS) is 10.8. The Morgan fingerprint density at radius 2 is 1.81 bits per heavy atom. The SMILES string of the molecule is Cc1ccc(-n2c(SCC(=O)Nc3cccc(C)c3C)nnc2-c2cccnc2)cc1. The van der Waals surface area contributed by atoms with Crippen LogP contribution in [-0.2, 0) is 4.79 Å². The molecule has 31 heavy (non-hydrogen) atoms. The summed E-state index contributed by atoms with van der Waals surface area (Å²) in [6.45, 7) is 6.08. The van der Waals surface area contributed by atoms with E-state index in [1.165, 1.54) is 17.3 Å². The van der Waals surface area contributed by atoms with E-state index in [0.29, 0.717) is 11.0 Å². The summed E-state index contributed by atoms with van der Waals surface area (Å²) < 4.78 is 1.96. The first kappa shape index (κ1) is 20.8. The van der Waals surface area contributed by atoms with Crippen LogP contribution in [0.2, 0.25) is 0 Å². The molecular weight excluding hydrogens is 406 g/mol. The van der Waals surface area contributed by atoms with Crippen LogP contribution in [0.3, 0.4) is 0 Å². The van der Waals surface area contributed by atoms with Gasteiger partial charge in [-0.05, 0) is 62.2 Å². The molecule has 0 radical (unpaired) electrons. The number of hydrogen-bond donors (Lipinski definition) is 1. The fraction of sp³-hybridized carbons (Fsp3) is 0.167. The molecule has 2 aromatic carbocycles. The summed E-state index contributed by atoms with van der Waals surface area (Å²) in [6.07, 6.45) is 3.49. The molecule has 6 nitrogen and oxygen atoms in total. The minimum Gasteiger partial charge on any atom is -0.325 e. The third kappa shape index (κ3) is 4.67. The van der Waals surface area contributed by atoms with E-state index in [1.807, 2.05) is 79.9 Å². The molecule has 0 bridgehead atoms. The van der Waals surface area contributed by atoms with Gasteiger partial charge in [-0.1, -0.05) is 41.6 Å². The van der Waals surface area contributed by atoms with Crippen molar-refractivity contribution in [2.24, 2.45) is 0 Å². The number of thioether (sulfide) groups is 1. The van der Waals surface area contributed by atoms with Crippen LogP contribution in [-0.4, -0.2) is 31.4 Å². The Morgan fingerprint density at radius 1 is 1.00 bits per heavy atom. The van der Waals surface area contributed by atoms with Gasteiger partial charge < -0.3 is 5.32 Å². The van der Waals surface area contributed by atoms with Crippen molar-refractivity contribution in [1.82, 2.24) is 19.7 Å². The predicted octanol–water partition coefficient (Wildman–Crippen LogP) is 4.99. The zero-order valence-electron chi connectivity index (χ0n) is 17.7. The van der Waals surface area contributed by atoms with Crippen LogP contribution < -0.4 is 5.32 Å². The van der Waals surface area contributed by atoms with Crippen molar-refractivity contribution in [1.29, 1.82) is 0 Å². The number of nitrogens with one attached hydrogen (secondary N) is 1. The first-order chi connectivity index (χ1) is 15.0. The van der Waals surface area contributed by atoms with Gasteiger partial charge >= 0.3 is 0 Å². The predicted molar refractivity (Wildman–Crippen MR) is 125 cm³/mol. The van der Waals surface area contributed by atoms with Gasteiger partial charge in [0.25, 0.3) is 0 Å². The summed E-state index contributed by atoms with van der Waals surface area (Å²) in [6, 6.07) is 17.9. The largest absolute Gasteiger partial charge is 0.325 e. The first-order valence-electron chi connectivity index (χ1n) is 9.94. The Hall–Kier alpha value is -3.45. The third-order valence-corrected chi connectivity index (χ3v) is 5.99. The second kappa shape index (κ2) is 9.14. The highest BCUT2D eigenvalue weighted by Gasteiger charge is 2.17. The van der Waals surface area contributed by atoms with Crippen LogP contribution in [0.4, 0.5) is 5.69 Å². The van der Waals surface area contributed by atoms with Gasteiger partial charge in [0.1, 0.15) is 0 Å². The van der Waals surface area contributed by atoms with Gasteiger partial charge in [0.15, 0.2) is 11.0 Å². The van der Waals surface area contributed by atoms with Crippen molar-refractivity contribution in [3.8, 4) is 17.1 Å². The topological polar surface area (TPSA) is 72.7 Å². The van der Waals surface area contributed by atoms with Crippen molar-refractivity contribution < 1.29 is 4.79 Å². The molecule has 4 aromatic rings. The number of aromatic nitrogens is 4. The second-order valence-corrected chi connectivity index (χ2v) is 8.25. The van der Waals surface area contributed by atoms with Gasteiger partial charge in [-0.25, -0.2) is 0 Å². The molecule has 2 aromatic heterocycles. The Labute approximate surface area is 185 Å². The fourth-order valence-corrected chi connectivity index (χ4v) is 3.93. The lowest BCUT2D eigenvalue weighted by Gasteiger charge is -2.12. The van der Waals surface area contributed by atoms with Crippen molar-refractivity contribution in [3.63, 3.8) is 0 Å². The van der Waals surface area contributed by atoms with Gasteiger partial charge in [0, 0.05) is 29.3 Å². The van der Waals surface area contributed by atoms with E-state index in [0.717, 1.165) is 28.1 Å². The Morgan fingerprint density at radius 3 is 2.55 bits per heavy atom. The molecule has 0 fully saturated rings. The lowest BCUT2D eigenvalue weighted by molar-refractivity contribution is -0.113. The number of benzene rings is 2. The average Bonchev–Trinajstić information content (AvgIpc) is 3.21. The Bertz CT molecular complexity index is 1200. The zero-order valence-corrected chi connectivity index (χ0v) is 18.5. The number of amides is 1. The molecule has 156 valence electrons. The molecule has 1 N–H and O–H groups in total. The lowest BCUT2D eigenvalue weighted by Crippen LogP contribution is -2.15. The number of aryl methyl sites for hydroxylation is 2. The maximum absolute atomic E-state index is 12.6. The smallest absolute Gasteiger partial charge is 0.234 e. The van der Waals surface area contributed by atoms with E-state index in [9.17, 15) is 4.79 Å². The molecular formula is C24H23N5OS. The van der Waals surface area contributed by atoms with Crippen molar-refractivity contribution in [2.75, 3.05) is 11.1 Å². The van der Waals surface area contributed by atoms with E-state index >= 15 is 0 Å². The van der Waals surface area contributed by atoms with E-state index in [1.54, 1.807) is 12.4 Å². The molecule has 4 rings (SSSR count). The number of carbonyl (C=O) groups is 1. The number of hydrogen-bond acceptors (Lipinski definition) is 5. The molecule has 0 atom stereocenters. The van der Waals surface area contributed by atoms with E-state index in [2.05, 4.69) is 20.5 Å². The van der Waals surface area contributed by atoms with Crippen LogP contribution in [0.15, 0.2) is 72.1 Å². The molecule has 0 aliphatic carbocycles. The zero-order chi connectivity index (χ0) is 21.8. The van der Waals surface area contributed by atoms with Crippen LogP contribution in [0, 0.1) is 20.8 Å². The average molecular weight is 430 g/mol. The van der Waals surface area contributed by atoms with Gasteiger partial charge in [-0.2, -0.15) is 0 Å². The second-order valence-electron chi connectivity index (χ2n) is 7.30. The van der Waals surface area contributed by atoms with Gasteiger partial charge in [-0.3, -0.25) is 14.3 Å². The van der Waals surface area contributed by atoms with Gasteiger partial charge in [-0.15, -0.1) is 10.2 Å². The molecule has 0 aliphatic heterocycles. The van der Waals surface area contributed by atoms with Gasteiger partial charge in [0.2, 0.25) is 5.91 Å². The number of pyridine rings is 1. The quantitative estimate of drug-likeness (QED) is 0.437. The summed E-state index contributed by atoms with van der Waals surface area (Å²) in [5.74, 6) is 0.833. The fourth-order valence-electron chi connectivity index (χ4n) is 3.17. The highest BCUT2D eigenvalue weighted by molar-refractivity contribution is 7.99. The number of carbonyl (C=O) groups excluding carboxylic acids is 1. The standard InChI is InChI=1S/C24H23N5OS/c1-16-9-11-20(12-10-16)29-23(19-7-5-13-25-14-19)27-28-24(29)31-15-22(30)26-21-8-4-6-17(2)18(21)3/h4-14H,15H2,1-3H3,(H,26,30). The Kier molecular flexibility index (Phi) is 6.13. The molecule has 0 spiro atoms. The van der Waals surface area contributed by atoms with Crippen LogP contribution in [0.1, 0.15) is 16.7 Å². The Balaban J connectivity index is 1.59. The first-order valence-corrected chi connectivity index (χ1v) is 10.9. The summed E-state index contributed by atoms with van der Waals surface area (Å²) in [4.78, 5) is 16.8. The van der Waals surface area contributed by atoms with Crippen LogP contribution >= 0.6 is 11.8 Å². The van der Waals surface area contributed by atoms with E-state index in [4.69, 9.17) is 0 Å². The van der Waals surface area contributed by atoms with Crippen molar-refractivity contribution >= 4 is 23.4 Å². The monoisotopic (exact) mass is 429 g/mol. The number of anilines is 1. The van der Waals surface area contributed by atoms with Crippen molar-refractivity contribution in [3.05, 3.63) is 83.7 Å². The molecule has 0 unspecified atom stereocenters.